The van der Waals surface area contributed by atoms with Crippen molar-refractivity contribution in [2.24, 2.45) is 13.0 Å². The van der Waals surface area contributed by atoms with Crippen LogP contribution in [0.1, 0.15) is 31.0 Å². The lowest BCUT2D eigenvalue weighted by molar-refractivity contribution is 0.105. The molecule has 1 saturated heterocycles. The van der Waals surface area contributed by atoms with Crippen LogP contribution < -0.4 is 10.5 Å². The molecular weight excluding hydrogens is 484 g/mol. The van der Waals surface area contributed by atoms with E-state index < -0.39 is 0 Å². The van der Waals surface area contributed by atoms with E-state index in [2.05, 4.69) is 33.5 Å². The van der Waals surface area contributed by atoms with Gasteiger partial charge in [-0.2, -0.15) is 0 Å². The lowest BCUT2D eigenvalue weighted by atomic mass is 9.90. The zero-order valence-corrected chi connectivity index (χ0v) is 21.6. The predicted octanol–water partition coefficient (Wildman–Crippen LogP) is 5.70. The van der Waals surface area contributed by atoms with Crippen LogP contribution in [0.2, 0.25) is 0 Å². The Labute approximate surface area is 220 Å². The Morgan fingerprint density at radius 3 is 2.11 bits per heavy atom. The molecule has 4 aromatic rings. The minimum atomic E-state index is -0.305. The lowest BCUT2D eigenvalue weighted by Gasteiger charge is -2.48. The van der Waals surface area contributed by atoms with E-state index in [1.54, 1.807) is 54.1 Å². The van der Waals surface area contributed by atoms with Crippen molar-refractivity contribution in [3.63, 3.8) is 0 Å². The number of rotatable bonds is 5. The number of nitrogens with zero attached hydrogens (tertiary/aromatic N) is 5. The highest BCUT2D eigenvalue weighted by atomic mass is 19.1. The maximum absolute atomic E-state index is 13.8. The molecule has 8 heteroatoms. The van der Waals surface area contributed by atoms with Crippen molar-refractivity contribution in [1.29, 1.82) is 0 Å². The Hall–Kier alpha value is -4.09. The van der Waals surface area contributed by atoms with Crippen molar-refractivity contribution in [3.05, 3.63) is 111 Å². The van der Waals surface area contributed by atoms with E-state index in [9.17, 15) is 13.6 Å². The normalized spacial score (nSPS) is 16.4. The first-order valence-electron chi connectivity index (χ1n) is 12.7. The van der Waals surface area contributed by atoms with Crippen LogP contribution in [0.25, 0.3) is 15.9 Å². The third-order valence-electron chi connectivity index (χ3n) is 7.44. The van der Waals surface area contributed by atoms with E-state index in [4.69, 9.17) is 6.57 Å². The Morgan fingerprint density at radius 1 is 0.947 bits per heavy atom. The summed E-state index contributed by atoms with van der Waals surface area (Å²) in [5, 5.41) is 0. The molecule has 0 N–H and O–H groups in total. The van der Waals surface area contributed by atoms with Crippen molar-refractivity contribution < 1.29 is 8.78 Å². The van der Waals surface area contributed by atoms with Crippen molar-refractivity contribution in [3.8, 4) is 0 Å². The summed E-state index contributed by atoms with van der Waals surface area (Å²) in [5.41, 5.74) is 3.76. The summed E-state index contributed by atoms with van der Waals surface area (Å²) in [4.78, 5) is 25.5. The van der Waals surface area contributed by atoms with Gasteiger partial charge in [0.25, 0.3) is 11.4 Å². The number of halogens is 2. The molecule has 1 aliphatic rings. The monoisotopic (exact) mass is 513 g/mol. The number of pyridine rings is 2. The van der Waals surface area contributed by atoms with Crippen LogP contribution in [0, 0.1) is 24.1 Å². The van der Waals surface area contributed by atoms with Gasteiger partial charge >= 0.3 is 0 Å². The standard InChI is InChI=1S/C30H29F2N5O/c1-19(2)26-18-36(25-17-28(38)35(4)24-13-14-27(33-3)34-29(24)25)15-16-37(26)30(20-5-9-22(31)10-6-20)21-7-11-23(32)12-8-21/h5-14,17,19,26,30H,15-16,18H2,1-2,4H3/t26-/m1/s1. The maximum atomic E-state index is 13.8. The van der Waals surface area contributed by atoms with E-state index in [1.807, 2.05) is 0 Å². The molecule has 0 bridgehead atoms. The molecule has 0 spiro atoms. The molecule has 6 nitrogen and oxygen atoms in total. The minimum absolute atomic E-state index is 0.0620. The Kier molecular flexibility index (Phi) is 6.96. The van der Waals surface area contributed by atoms with E-state index in [0.717, 1.165) is 16.8 Å². The average Bonchev–Trinajstić information content (AvgIpc) is 2.92. The molecule has 0 unspecified atom stereocenters. The van der Waals surface area contributed by atoms with E-state index in [1.165, 1.54) is 24.3 Å². The van der Waals surface area contributed by atoms with Gasteiger partial charge in [-0.3, -0.25) is 9.69 Å². The van der Waals surface area contributed by atoms with Crippen LogP contribution in [0.15, 0.2) is 71.5 Å². The topological polar surface area (TPSA) is 45.7 Å². The zero-order valence-electron chi connectivity index (χ0n) is 21.6. The van der Waals surface area contributed by atoms with Gasteiger partial charge in [-0.15, -0.1) is 4.98 Å². The Bertz CT molecular complexity index is 1510. The molecule has 38 heavy (non-hydrogen) atoms. The number of piperazine rings is 1. The van der Waals surface area contributed by atoms with Gasteiger partial charge in [0.05, 0.1) is 17.2 Å². The highest BCUT2D eigenvalue weighted by Gasteiger charge is 2.36. The van der Waals surface area contributed by atoms with Gasteiger partial charge in [0.15, 0.2) is 0 Å². The molecular formula is C30H29F2N5O. The average molecular weight is 514 g/mol. The molecule has 0 amide bonds. The molecule has 3 heterocycles. The quantitative estimate of drug-likeness (QED) is 0.321. The second-order valence-electron chi connectivity index (χ2n) is 10.1. The largest absolute Gasteiger partial charge is 0.365 e. The molecule has 2 aromatic heterocycles. The second kappa shape index (κ2) is 10.3. The molecule has 5 rings (SSSR count). The number of hydrogen-bond acceptors (Lipinski definition) is 4. The molecule has 1 atom stereocenters. The highest BCUT2D eigenvalue weighted by molar-refractivity contribution is 5.89. The SMILES string of the molecule is [C-]#[N+]c1ccc2c(n1)c(N1CCN(C(c3ccc(F)cc3)c3ccc(F)cc3)[C@@H](C(C)C)C1)cc(=O)n2C. The van der Waals surface area contributed by atoms with Crippen LogP contribution in [0.4, 0.5) is 20.3 Å². The first-order valence-corrected chi connectivity index (χ1v) is 12.7. The molecule has 0 saturated carbocycles. The van der Waals surface area contributed by atoms with Gasteiger partial charge in [0, 0.05) is 38.8 Å². The Balaban J connectivity index is 1.57. The molecule has 0 radical (unpaired) electrons. The number of anilines is 1. The molecule has 0 aliphatic carbocycles. The molecule has 1 aliphatic heterocycles. The van der Waals surface area contributed by atoms with Crippen molar-refractivity contribution in [1.82, 2.24) is 14.5 Å². The molecule has 194 valence electrons. The summed E-state index contributed by atoms with van der Waals surface area (Å²) < 4.78 is 29.2. The third-order valence-corrected chi connectivity index (χ3v) is 7.44. The smallest absolute Gasteiger partial charge is 0.270 e. The van der Waals surface area contributed by atoms with Gasteiger partial charge in [0.2, 0.25) is 5.52 Å². The predicted molar refractivity (Wildman–Crippen MR) is 145 cm³/mol. The summed E-state index contributed by atoms with van der Waals surface area (Å²) in [6.45, 7) is 13.6. The molecule has 1 fully saturated rings. The fraction of sp³-hybridized carbons (Fsp3) is 0.300. The van der Waals surface area contributed by atoms with E-state index >= 15 is 0 Å². The number of fused-ring (bicyclic) bond motifs is 1. The lowest BCUT2D eigenvalue weighted by Crippen LogP contribution is -2.56. The van der Waals surface area contributed by atoms with Gasteiger partial charge < -0.3 is 14.3 Å². The van der Waals surface area contributed by atoms with Crippen molar-refractivity contribution in [2.75, 3.05) is 24.5 Å². The zero-order chi connectivity index (χ0) is 27.0. The number of benzene rings is 2. The number of aromatic nitrogens is 2. The highest BCUT2D eigenvalue weighted by Crippen LogP contribution is 2.36. The summed E-state index contributed by atoms with van der Waals surface area (Å²) >= 11 is 0. The maximum Gasteiger partial charge on any atom is 0.270 e. The summed E-state index contributed by atoms with van der Waals surface area (Å²) in [6.07, 6.45) is 0. The van der Waals surface area contributed by atoms with Crippen LogP contribution in [0.5, 0.6) is 0 Å². The van der Waals surface area contributed by atoms with Crippen LogP contribution in [-0.4, -0.2) is 40.1 Å². The van der Waals surface area contributed by atoms with Crippen LogP contribution in [0.3, 0.4) is 0 Å². The summed E-state index contributed by atoms with van der Waals surface area (Å²) in [5.74, 6) is -0.0868. The Morgan fingerprint density at radius 2 is 1.55 bits per heavy atom. The first-order chi connectivity index (χ1) is 18.3. The first kappa shape index (κ1) is 25.6. The number of hydrogen-bond donors (Lipinski definition) is 0. The van der Waals surface area contributed by atoms with Gasteiger partial charge in [-0.25, -0.2) is 8.78 Å². The summed E-state index contributed by atoms with van der Waals surface area (Å²) in [6, 6.07) is 17.9. The van der Waals surface area contributed by atoms with Crippen LogP contribution >= 0.6 is 0 Å². The third kappa shape index (κ3) is 4.77. The fourth-order valence-electron chi connectivity index (χ4n) is 5.43. The second-order valence-corrected chi connectivity index (χ2v) is 10.1. The van der Waals surface area contributed by atoms with E-state index in [-0.39, 0.29) is 41.0 Å². The van der Waals surface area contributed by atoms with Gasteiger partial charge in [-0.05, 0) is 53.4 Å². The van der Waals surface area contributed by atoms with Gasteiger partial charge in [-0.1, -0.05) is 44.7 Å². The van der Waals surface area contributed by atoms with Crippen molar-refractivity contribution in [2.45, 2.75) is 25.9 Å². The van der Waals surface area contributed by atoms with E-state index in [0.29, 0.717) is 30.7 Å². The minimum Gasteiger partial charge on any atom is -0.365 e. The fourth-order valence-corrected chi connectivity index (χ4v) is 5.43. The number of aryl methyl sites for hydroxylation is 1. The van der Waals surface area contributed by atoms with Crippen molar-refractivity contribution >= 4 is 22.5 Å². The summed E-state index contributed by atoms with van der Waals surface area (Å²) in [7, 11) is 1.71. The van der Waals surface area contributed by atoms with Crippen LogP contribution in [-0.2, 0) is 7.05 Å². The molecule has 2 aromatic carbocycles. The van der Waals surface area contributed by atoms with Gasteiger partial charge in [0.1, 0.15) is 11.6 Å².